The van der Waals surface area contributed by atoms with Gasteiger partial charge >= 0.3 is 0 Å². The Kier molecular flexibility index (Phi) is 5.56. The van der Waals surface area contributed by atoms with E-state index in [1.165, 1.54) is 13.2 Å². The fraction of sp³-hybridized carbons (Fsp3) is 0.267. The maximum Gasteiger partial charge on any atom is 0.271 e. The molecule has 8 nitrogen and oxygen atoms in total. The lowest BCUT2D eigenvalue weighted by Crippen LogP contribution is -2.28. The standard InChI is InChI=1S/C15H17N5O3/c1-10-4-3-8-16-14(10)18-12(21)7-9-17-15(22)11-5-6-13(23-2)20-19-11/h3-6,8H,7,9H2,1-2H3,(H,17,22)(H,16,18,21). The van der Waals surface area contributed by atoms with Gasteiger partial charge in [0.25, 0.3) is 5.91 Å². The lowest BCUT2D eigenvalue weighted by atomic mass is 10.3. The van der Waals surface area contributed by atoms with Crippen molar-refractivity contribution in [2.75, 3.05) is 19.0 Å². The van der Waals surface area contributed by atoms with Crippen LogP contribution in [0.25, 0.3) is 0 Å². The number of amides is 2. The minimum Gasteiger partial charge on any atom is -0.480 e. The van der Waals surface area contributed by atoms with Gasteiger partial charge in [-0.05, 0) is 24.6 Å². The van der Waals surface area contributed by atoms with E-state index in [1.807, 2.05) is 13.0 Å². The number of carbonyl (C=O) groups is 2. The molecule has 2 aromatic heterocycles. The third-order valence-corrected chi connectivity index (χ3v) is 2.99. The number of carbonyl (C=O) groups excluding carboxylic acids is 2. The van der Waals surface area contributed by atoms with Crippen molar-refractivity contribution in [3.8, 4) is 5.88 Å². The molecule has 0 saturated heterocycles. The average Bonchev–Trinajstić information content (AvgIpc) is 2.57. The average molecular weight is 315 g/mol. The molecule has 0 atom stereocenters. The van der Waals surface area contributed by atoms with Crippen molar-refractivity contribution in [1.82, 2.24) is 20.5 Å². The SMILES string of the molecule is COc1ccc(C(=O)NCCC(=O)Nc2ncccc2C)nn1. The van der Waals surface area contributed by atoms with E-state index in [0.717, 1.165) is 5.56 Å². The topological polar surface area (TPSA) is 106 Å². The molecule has 2 heterocycles. The summed E-state index contributed by atoms with van der Waals surface area (Å²) in [6.07, 6.45) is 1.73. The number of pyridine rings is 1. The molecule has 2 aromatic rings. The summed E-state index contributed by atoms with van der Waals surface area (Å²) < 4.78 is 4.86. The lowest BCUT2D eigenvalue weighted by molar-refractivity contribution is -0.116. The predicted octanol–water partition coefficient (Wildman–Crippen LogP) is 0.947. The molecule has 0 aromatic carbocycles. The van der Waals surface area contributed by atoms with Crippen LogP contribution in [0.15, 0.2) is 30.5 Å². The van der Waals surface area contributed by atoms with E-state index in [2.05, 4.69) is 25.8 Å². The number of hydrogen-bond acceptors (Lipinski definition) is 6. The monoisotopic (exact) mass is 315 g/mol. The first kappa shape index (κ1) is 16.3. The molecule has 0 bridgehead atoms. The first-order chi connectivity index (χ1) is 11.1. The Bertz CT molecular complexity index is 688. The van der Waals surface area contributed by atoms with Crippen LogP contribution in [0.3, 0.4) is 0 Å². The van der Waals surface area contributed by atoms with Crippen molar-refractivity contribution in [2.24, 2.45) is 0 Å². The largest absolute Gasteiger partial charge is 0.480 e. The van der Waals surface area contributed by atoms with Gasteiger partial charge in [0.1, 0.15) is 5.82 Å². The van der Waals surface area contributed by atoms with E-state index in [1.54, 1.807) is 18.3 Å². The molecule has 2 N–H and O–H groups in total. The van der Waals surface area contributed by atoms with Crippen LogP contribution in [0.1, 0.15) is 22.5 Å². The van der Waals surface area contributed by atoms with Gasteiger partial charge < -0.3 is 15.4 Å². The molecule has 2 rings (SSSR count). The summed E-state index contributed by atoms with van der Waals surface area (Å²) in [4.78, 5) is 27.7. The van der Waals surface area contributed by atoms with Gasteiger partial charge in [-0.1, -0.05) is 6.07 Å². The van der Waals surface area contributed by atoms with Gasteiger partial charge in [-0.2, -0.15) is 0 Å². The minimum absolute atomic E-state index is 0.130. The number of aryl methyl sites for hydroxylation is 1. The molecule has 0 unspecified atom stereocenters. The predicted molar refractivity (Wildman–Crippen MR) is 83.1 cm³/mol. The molecule has 23 heavy (non-hydrogen) atoms. The third-order valence-electron chi connectivity index (χ3n) is 2.99. The summed E-state index contributed by atoms with van der Waals surface area (Å²) in [5.41, 5.74) is 1.03. The van der Waals surface area contributed by atoms with E-state index in [0.29, 0.717) is 11.7 Å². The number of nitrogens with zero attached hydrogens (tertiary/aromatic N) is 3. The number of rotatable bonds is 6. The summed E-state index contributed by atoms with van der Waals surface area (Å²) in [5.74, 6) is 0.214. The van der Waals surface area contributed by atoms with Gasteiger partial charge in [0.05, 0.1) is 7.11 Å². The van der Waals surface area contributed by atoms with Crippen molar-refractivity contribution in [2.45, 2.75) is 13.3 Å². The summed E-state index contributed by atoms with van der Waals surface area (Å²) in [7, 11) is 1.46. The van der Waals surface area contributed by atoms with Gasteiger partial charge in [-0.3, -0.25) is 9.59 Å². The molecule has 0 fully saturated rings. The van der Waals surface area contributed by atoms with Crippen LogP contribution in [-0.4, -0.2) is 40.7 Å². The highest BCUT2D eigenvalue weighted by atomic mass is 16.5. The highest BCUT2D eigenvalue weighted by Crippen LogP contribution is 2.09. The Morgan fingerprint density at radius 1 is 1.22 bits per heavy atom. The zero-order valence-corrected chi connectivity index (χ0v) is 12.9. The number of anilines is 1. The quantitative estimate of drug-likeness (QED) is 0.822. The highest BCUT2D eigenvalue weighted by Gasteiger charge is 2.10. The fourth-order valence-corrected chi connectivity index (χ4v) is 1.74. The van der Waals surface area contributed by atoms with Crippen LogP contribution in [0.5, 0.6) is 5.88 Å². The second-order valence-corrected chi connectivity index (χ2v) is 4.68. The first-order valence-corrected chi connectivity index (χ1v) is 6.97. The number of nitrogens with one attached hydrogen (secondary N) is 2. The van der Waals surface area contributed by atoms with E-state index in [9.17, 15) is 9.59 Å². The zero-order valence-electron chi connectivity index (χ0n) is 12.9. The van der Waals surface area contributed by atoms with Gasteiger partial charge in [0.15, 0.2) is 5.69 Å². The maximum atomic E-state index is 11.8. The summed E-state index contributed by atoms with van der Waals surface area (Å²) >= 11 is 0. The summed E-state index contributed by atoms with van der Waals surface area (Å²) in [6.45, 7) is 2.04. The summed E-state index contributed by atoms with van der Waals surface area (Å²) in [6, 6.07) is 6.69. The van der Waals surface area contributed by atoms with Crippen LogP contribution in [0.4, 0.5) is 5.82 Å². The van der Waals surface area contributed by atoms with Gasteiger partial charge in [-0.15, -0.1) is 10.2 Å². The van der Waals surface area contributed by atoms with E-state index < -0.39 is 5.91 Å². The summed E-state index contributed by atoms with van der Waals surface area (Å²) in [5, 5.41) is 12.7. The first-order valence-electron chi connectivity index (χ1n) is 6.97. The molecule has 120 valence electrons. The van der Waals surface area contributed by atoms with Crippen LogP contribution in [0, 0.1) is 6.92 Å². The number of ether oxygens (including phenoxy) is 1. The van der Waals surface area contributed by atoms with Crippen molar-refractivity contribution in [3.05, 3.63) is 41.7 Å². The fourth-order valence-electron chi connectivity index (χ4n) is 1.74. The normalized spacial score (nSPS) is 10.0. The molecule has 0 aliphatic heterocycles. The molecule has 0 spiro atoms. The Labute approximate surface area is 133 Å². The minimum atomic E-state index is -0.401. The van der Waals surface area contributed by atoms with E-state index in [4.69, 9.17) is 4.74 Å². The van der Waals surface area contributed by atoms with E-state index >= 15 is 0 Å². The highest BCUT2D eigenvalue weighted by molar-refractivity contribution is 5.93. The Hall–Kier alpha value is -3.03. The van der Waals surface area contributed by atoms with Crippen molar-refractivity contribution in [1.29, 1.82) is 0 Å². The Morgan fingerprint density at radius 2 is 2.04 bits per heavy atom. The third kappa shape index (κ3) is 4.73. The molecular formula is C15H17N5O3. The number of methoxy groups -OCH3 is 1. The lowest BCUT2D eigenvalue weighted by Gasteiger charge is -2.07. The van der Waals surface area contributed by atoms with E-state index in [-0.39, 0.29) is 24.6 Å². The Balaban J connectivity index is 1.78. The Morgan fingerprint density at radius 3 is 2.70 bits per heavy atom. The molecule has 0 saturated carbocycles. The van der Waals surface area contributed by atoms with Gasteiger partial charge in [0, 0.05) is 25.2 Å². The van der Waals surface area contributed by atoms with Crippen molar-refractivity contribution >= 4 is 17.6 Å². The van der Waals surface area contributed by atoms with Crippen LogP contribution >= 0.6 is 0 Å². The van der Waals surface area contributed by atoms with Gasteiger partial charge in [-0.25, -0.2) is 4.98 Å². The smallest absolute Gasteiger partial charge is 0.271 e. The van der Waals surface area contributed by atoms with Gasteiger partial charge in [0.2, 0.25) is 11.8 Å². The van der Waals surface area contributed by atoms with Crippen LogP contribution < -0.4 is 15.4 Å². The van der Waals surface area contributed by atoms with Crippen molar-refractivity contribution in [3.63, 3.8) is 0 Å². The zero-order chi connectivity index (χ0) is 16.7. The maximum absolute atomic E-state index is 11.8. The van der Waals surface area contributed by atoms with Crippen LogP contribution in [-0.2, 0) is 4.79 Å². The molecule has 2 amide bonds. The molecule has 0 aliphatic rings. The van der Waals surface area contributed by atoms with Crippen LogP contribution in [0.2, 0.25) is 0 Å². The molecule has 0 radical (unpaired) electrons. The van der Waals surface area contributed by atoms with Crippen molar-refractivity contribution < 1.29 is 14.3 Å². The molecular weight excluding hydrogens is 298 g/mol. The number of aromatic nitrogens is 3. The second kappa shape index (κ2) is 7.83. The molecule has 0 aliphatic carbocycles. The second-order valence-electron chi connectivity index (χ2n) is 4.68. The molecule has 8 heteroatoms. The number of hydrogen-bond donors (Lipinski definition) is 2.